The molecule has 29 heavy (non-hydrogen) atoms. The Morgan fingerprint density at radius 1 is 1.10 bits per heavy atom. The smallest absolute Gasteiger partial charge is 0.423 e. The lowest BCUT2D eigenvalue weighted by Gasteiger charge is -2.32. The molecule has 1 amide bonds. The average molecular weight is 415 g/mol. The molecule has 0 spiro atoms. The molecule has 0 unspecified atom stereocenters. The number of rotatable bonds is 3. The summed E-state index contributed by atoms with van der Waals surface area (Å²) in [5.74, 6) is -10.1. The standard InChI is InChI=1S/C19H8F7NO2/c1-3-5-27-11-6-9(10(20)7-12(11)29-19(25,26)18(27)28)13-14(21)8(4-2)15(22)17(24)16(13)23/h1,4,6-7H,2,5H2. The van der Waals surface area contributed by atoms with Gasteiger partial charge in [-0.1, -0.05) is 18.6 Å². The number of nitrogens with zero attached hydrogens (tertiary/aromatic N) is 1. The second kappa shape index (κ2) is 6.84. The monoisotopic (exact) mass is 415 g/mol. The van der Waals surface area contributed by atoms with Crippen molar-refractivity contribution in [3.8, 4) is 29.2 Å². The highest BCUT2D eigenvalue weighted by Gasteiger charge is 2.50. The minimum atomic E-state index is -4.37. The van der Waals surface area contributed by atoms with Crippen LogP contribution >= 0.6 is 0 Å². The van der Waals surface area contributed by atoms with E-state index >= 15 is 0 Å². The first-order valence-electron chi connectivity index (χ1n) is 7.69. The number of halogens is 7. The van der Waals surface area contributed by atoms with E-state index in [-0.39, 0.29) is 0 Å². The van der Waals surface area contributed by atoms with Crippen LogP contribution in [-0.2, 0) is 4.79 Å². The highest BCUT2D eigenvalue weighted by atomic mass is 19.3. The van der Waals surface area contributed by atoms with Crippen LogP contribution < -0.4 is 9.64 Å². The maximum Gasteiger partial charge on any atom is 0.483 e. The molecular weight excluding hydrogens is 407 g/mol. The second-order valence-corrected chi connectivity index (χ2v) is 5.76. The molecule has 3 nitrogen and oxygen atoms in total. The van der Waals surface area contributed by atoms with Crippen molar-refractivity contribution in [3.05, 3.63) is 53.4 Å². The molecule has 0 bridgehead atoms. The normalized spacial score (nSPS) is 14.8. The molecule has 1 heterocycles. The summed E-state index contributed by atoms with van der Waals surface area (Å²) in [5, 5.41) is 0. The summed E-state index contributed by atoms with van der Waals surface area (Å²) >= 11 is 0. The van der Waals surface area contributed by atoms with E-state index in [0.717, 1.165) is 0 Å². The van der Waals surface area contributed by atoms with Gasteiger partial charge in [0.05, 0.1) is 17.8 Å². The zero-order valence-corrected chi connectivity index (χ0v) is 14.1. The van der Waals surface area contributed by atoms with Gasteiger partial charge in [-0.25, -0.2) is 22.0 Å². The molecule has 0 saturated carbocycles. The van der Waals surface area contributed by atoms with Crippen molar-refractivity contribution in [3.63, 3.8) is 0 Å². The lowest BCUT2D eigenvalue weighted by molar-refractivity contribution is -0.192. The van der Waals surface area contributed by atoms with E-state index in [2.05, 4.69) is 11.3 Å². The van der Waals surface area contributed by atoms with Crippen LogP contribution in [0, 0.1) is 41.4 Å². The highest BCUT2D eigenvalue weighted by Crippen LogP contribution is 2.44. The number of anilines is 1. The predicted molar refractivity (Wildman–Crippen MR) is 88.5 cm³/mol. The molecule has 0 aliphatic carbocycles. The Kier molecular flexibility index (Phi) is 4.78. The summed E-state index contributed by atoms with van der Waals surface area (Å²) in [6.07, 6.45) is 1.22. The van der Waals surface area contributed by atoms with Crippen molar-refractivity contribution in [2.24, 2.45) is 0 Å². The maximum absolute atomic E-state index is 14.6. The first-order chi connectivity index (χ1) is 13.5. The fourth-order valence-electron chi connectivity index (χ4n) is 2.79. The molecule has 1 aliphatic heterocycles. The van der Waals surface area contributed by atoms with Crippen LogP contribution in [0.15, 0.2) is 18.7 Å². The van der Waals surface area contributed by atoms with E-state index in [1.54, 1.807) is 0 Å². The summed E-state index contributed by atoms with van der Waals surface area (Å²) in [5.41, 5.74) is -3.93. The van der Waals surface area contributed by atoms with E-state index in [1.807, 2.05) is 5.92 Å². The van der Waals surface area contributed by atoms with Crippen molar-refractivity contribution in [2.45, 2.75) is 6.11 Å². The quantitative estimate of drug-likeness (QED) is 0.316. The number of alkyl halides is 2. The molecular formula is C19H8F7NO2. The Morgan fingerprint density at radius 2 is 1.76 bits per heavy atom. The molecule has 2 aromatic carbocycles. The van der Waals surface area contributed by atoms with Gasteiger partial charge in [0, 0.05) is 17.2 Å². The number of carbonyl (C=O) groups is 1. The zero-order valence-electron chi connectivity index (χ0n) is 14.1. The largest absolute Gasteiger partial charge is 0.483 e. The van der Waals surface area contributed by atoms with Crippen LogP contribution in [-0.4, -0.2) is 18.6 Å². The van der Waals surface area contributed by atoms with Gasteiger partial charge in [-0.15, -0.1) is 6.42 Å². The lowest BCUT2D eigenvalue weighted by Crippen LogP contribution is -2.51. The third kappa shape index (κ3) is 2.99. The Balaban J connectivity index is 2.34. The summed E-state index contributed by atoms with van der Waals surface area (Å²) in [6.45, 7) is 2.36. The molecule has 2 aromatic rings. The van der Waals surface area contributed by atoms with Crippen LogP contribution in [0.5, 0.6) is 5.75 Å². The third-order valence-corrected chi connectivity index (χ3v) is 4.09. The molecule has 10 heteroatoms. The number of hydrogen-bond acceptors (Lipinski definition) is 2. The molecule has 1 aliphatic rings. The number of hydrogen-bond donors (Lipinski definition) is 0. The zero-order chi connectivity index (χ0) is 21.7. The fraction of sp³-hybridized carbons (Fsp3) is 0.105. The molecule has 0 N–H and O–H groups in total. The number of ether oxygens (including phenoxy) is 1. The van der Waals surface area contributed by atoms with Gasteiger partial charge in [0.1, 0.15) is 11.6 Å². The fourth-order valence-corrected chi connectivity index (χ4v) is 2.79. The molecule has 0 atom stereocenters. The number of terminal acetylenes is 1. The van der Waals surface area contributed by atoms with Crippen LogP contribution in [0.3, 0.4) is 0 Å². The Hall–Kier alpha value is -3.48. The summed E-state index contributed by atoms with van der Waals surface area (Å²) in [4.78, 5) is 12.2. The average Bonchev–Trinajstić information content (AvgIpc) is 2.65. The minimum Gasteiger partial charge on any atom is -0.423 e. The van der Waals surface area contributed by atoms with Gasteiger partial charge >= 0.3 is 12.0 Å². The first kappa shape index (κ1) is 20.3. The van der Waals surface area contributed by atoms with Crippen molar-refractivity contribution in [2.75, 3.05) is 11.4 Å². The van der Waals surface area contributed by atoms with Crippen LogP contribution in [0.25, 0.3) is 17.2 Å². The Bertz CT molecular complexity index is 1110. The van der Waals surface area contributed by atoms with Crippen LogP contribution in [0.2, 0.25) is 0 Å². The topological polar surface area (TPSA) is 29.5 Å². The van der Waals surface area contributed by atoms with Gasteiger partial charge in [-0.2, -0.15) is 8.78 Å². The van der Waals surface area contributed by atoms with Gasteiger partial charge in [0.2, 0.25) is 0 Å². The highest BCUT2D eigenvalue weighted by molar-refractivity contribution is 6.02. The van der Waals surface area contributed by atoms with E-state index in [0.29, 0.717) is 23.1 Å². The van der Waals surface area contributed by atoms with E-state index < -0.39 is 75.8 Å². The van der Waals surface area contributed by atoms with Crippen LogP contribution in [0.4, 0.5) is 36.4 Å². The number of benzene rings is 2. The second-order valence-electron chi connectivity index (χ2n) is 5.76. The van der Waals surface area contributed by atoms with E-state index in [4.69, 9.17) is 6.42 Å². The molecule has 3 rings (SSSR count). The van der Waals surface area contributed by atoms with Gasteiger partial charge < -0.3 is 4.74 Å². The lowest BCUT2D eigenvalue weighted by atomic mass is 9.98. The maximum atomic E-state index is 14.6. The minimum absolute atomic E-state index is 0.322. The van der Waals surface area contributed by atoms with Gasteiger partial charge in [-0.05, 0) is 6.07 Å². The van der Waals surface area contributed by atoms with Gasteiger partial charge in [0.25, 0.3) is 0 Å². The number of carbonyl (C=O) groups excluding carboxylic acids is 1. The first-order valence-corrected chi connectivity index (χ1v) is 7.69. The van der Waals surface area contributed by atoms with E-state index in [9.17, 15) is 35.5 Å². The SMILES string of the molecule is C#CCN1C(=O)C(F)(F)Oc2cc(F)c(-c3c(F)c(F)c(F)c(C=C)c3F)cc21. The van der Waals surface area contributed by atoms with Crippen molar-refractivity contribution < 1.29 is 40.3 Å². The van der Waals surface area contributed by atoms with Crippen molar-refractivity contribution >= 4 is 17.7 Å². The van der Waals surface area contributed by atoms with E-state index in [1.165, 1.54) is 0 Å². The predicted octanol–water partition coefficient (Wildman–Crippen LogP) is 4.64. The van der Waals surface area contributed by atoms with Gasteiger partial charge in [0.15, 0.2) is 23.2 Å². The number of amides is 1. The molecule has 0 saturated heterocycles. The summed E-state index contributed by atoms with van der Waals surface area (Å²) in [6, 6.07) is 0.892. The molecule has 0 aromatic heterocycles. The van der Waals surface area contributed by atoms with Crippen LogP contribution in [0.1, 0.15) is 5.56 Å². The van der Waals surface area contributed by atoms with Crippen molar-refractivity contribution in [1.29, 1.82) is 0 Å². The summed E-state index contributed by atoms with van der Waals surface area (Å²) in [7, 11) is 0. The Morgan fingerprint density at radius 3 is 2.34 bits per heavy atom. The van der Waals surface area contributed by atoms with Gasteiger partial charge in [-0.3, -0.25) is 9.69 Å². The number of fused-ring (bicyclic) bond motifs is 1. The third-order valence-electron chi connectivity index (χ3n) is 4.09. The van der Waals surface area contributed by atoms with Crippen molar-refractivity contribution in [1.82, 2.24) is 0 Å². The summed E-state index contributed by atoms with van der Waals surface area (Å²) < 4.78 is 102. The Labute approximate surface area is 159 Å². The molecule has 150 valence electrons. The molecule has 0 radical (unpaired) electrons. The molecule has 0 fully saturated rings.